The van der Waals surface area contributed by atoms with Gasteiger partial charge in [-0.2, -0.15) is 0 Å². The molecular formula is C20H25NO2. The van der Waals surface area contributed by atoms with Crippen LogP contribution in [0.2, 0.25) is 0 Å². The first kappa shape index (κ1) is 14.9. The molecule has 0 bridgehead atoms. The fourth-order valence-electron chi connectivity index (χ4n) is 4.60. The monoisotopic (exact) mass is 311 g/mol. The summed E-state index contributed by atoms with van der Waals surface area (Å²) in [5.74, 6) is 0.626. The molecule has 1 aromatic carbocycles. The second-order valence-corrected chi connectivity index (χ2v) is 7.41. The Morgan fingerprint density at radius 1 is 1.22 bits per heavy atom. The van der Waals surface area contributed by atoms with Gasteiger partial charge in [-0.3, -0.25) is 4.79 Å². The molecule has 122 valence electrons. The van der Waals surface area contributed by atoms with Crippen molar-refractivity contribution < 1.29 is 9.90 Å². The molecule has 2 N–H and O–H groups in total. The molecule has 0 saturated heterocycles. The molecule has 1 spiro atoms. The predicted octanol–water partition coefficient (Wildman–Crippen LogP) is 4.02. The van der Waals surface area contributed by atoms with Crippen LogP contribution >= 0.6 is 0 Å². The number of nitrogens with one attached hydrogen (secondary N) is 1. The highest BCUT2D eigenvalue weighted by Gasteiger charge is 2.46. The maximum atomic E-state index is 12.6. The van der Waals surface area contributed by atoms with Gasteiger partial charge in [0.05, 0.1) is 5.41 Å². The number of amides is 1. The van der Waals surface area contributed by atoms with Crippen molar-refractivity contribution in [3.63, 3.8) is 0 Å². The van der Waals surface area contributed by atoms with Crippen molar-refractivity contribution in [1.82, 2.24) is 0 Å². The molecule has 3 heteroatoms. The van der Waals surface area contributed by atoms with Crippen LogP contribution in [0.1, 0.15) is 62.5 Å². The minimum Gasteiger partial charge on any atom is -0.396 e. The minimum atomic E-state index is -0.255. The van der Waals surface area contributed by atoms with Crippen LogP contribution in [0.25, 0.3) is 5.57 Å². The van der Waals surface area contributed by atoms with Crippen LogP contribution in [0.15, 0.2) is 24.3 Å². The summed E-state index contributed by atoms with van der Waals surface area (Å²) in [6, 6.07) is 6.55. The van der Waals surface area contributed by atoms with Gasteiger partial charge in [0.15, 0.2) is 0 Å². The summed E-state index contributed by atoms with van der Waals surface area (Å²) in [4.78, 5) is 12.6. The fraction of sp³-hybridized carbons (Fsp3) is 0.550. The molecule has 1 saturated carbocycles. The van der Waals surface area contributed by atoms with Gasteiger partial charge in [-0.25, -0.2) is 0 Å². The average molecular weight is 311 g/mol. The lowest BCUT2D eigenvalue weighted by Gasteiger charge is -2.31. The third-order valence-corrected chi connectivity index (χ3v) is 6.07. The summed E-state index contributed by atoms with van der Waals surface area (Å²) in [5, 5.41) is 12.4. The van der Waals surface area contributed by atoms with Gasteiger partial charge in [-0.15, -0.1) is 0 Å². The minimum absolute atomic E-state index is 0.210. The zero-order valence-electron chi connectivity index (χ0n) is 13.6. The van der Waals surface area contributed by atoms with Crippen LogP contribution < -0.4 is 5.32 Å². The zero-order chi connectivity index (χ0) is 15.9. The van der Waals surface area contributed by atoms with Crippen LogP contribution in [0.5, 0.6) is 0 Å². The Balaban J connectivity index is 1.64. The Morgan fingerprint density at radius 2 is 2.04 bits per heavy atom. The number of aliphatic hydroxyl groups is 1. The van der Waals surface area contributed by atoms with Crippen molar-refractivity contribution in [1.29, 1.82) is 0 Å². The van der Waals surface area contributed by atoms with E-state index < -0.39 is 0 Å². The normalized spacial score (nSPS) is 25.9. The number of rotatable bonds is 2. The largest absolute Gasteiger partial charge is 0.396 e. The van der Waals surface area contributed by atoms with Crippen molar-refractivity contribution in [2.45, 2.75) is 56.8 Å². The van der Waals surface area contributed by atoms with Crippen LogP contribution in [-0.2, 0) is 10.2 Å². The van der Waals surface area contributed by atoms with Crippen molar-refractivity contribution in [3.05, 3.63) is 35.4 Å². The summed E-state index contributed by atoms with van der Waals surface area (Å²) in [5.41, 5.74) is 4.58. The highest BCUT2D eigenvalue weighted by atomic mass is 16.3. The highest BCUT2D eigenvalue weighted by Crippen LogP contribution is 2.48. The van der Waals surface area contributed by atoms with E-state index in [1.54, 1.807) is 0 Å². The standard InChI is InChI=1S/C20H25NO2/c22-13-14-4-6-15(7-5-14)16-8-9-17-18(12-16)21-19(23)20(17)10-2-1-3-11-20/h6,8-9,12,14,22H,1-5,7,10-11,13H2,(H,21,23). The number of carbonyl (C=O) groups excluding carboxylic acids is 1. The first-order valence-electron chi connectivity index (χ1n) is 8.99. The van der Waals surface area contributed by atoms with E-state index in [1.807, 2.05) is 0 Å². The molecule has 1 atom stereocenters. The highest BCUT2D eigenvalue weighted by molar-refractivity contribution is 6.06. The van der Waals surface area contributed by atoms with E-state index in [4.69, 9.17) is 0 Å². The summed E-state index contributed by atoms with van der Waals surface area (Å²) in [6.45, 7) is 0.284. The van der Waals surface area contributed by atoms with E-state index >= 15 is 0 Å². The maximum absolute atomic E-state index is 12.6. The molecule has 1 heterocycles. The summed E-state index contributed by atoms with van der Waals surface area (Å²) >= 11 is 0. The summed E-state index contributed by atoms with van der Waals surface area (Å²) < 4.78 is 0. The number of benzene rings is 1. The quantitative estimate of drug-likeness (QED) is 0.867. The molecule has 23 heavy (non-hydrogen) atoms. The Morgan fingerprint density at radius 3 is 2.74 bits per heavy atom. The Labute approximate surface area is 137 Å². The second kappa shape index (κ2) is 5.79. The van der Waals surface area contributed by atoms with Gasteiger partial charge in [0.25, 0.3) is 0 Å². The molecule has 3 nitrogen and oxygen atoms in total. The smallest absolute Gasteiger partial charge is 0.235 e. The predicted molar refractivity (Wildman–Crippen MR) is 92.2 cm³/mol. The molecule has 1 amide bonds. The molecule has 3 aliphatic rings. The molecule has 1 aliphatic heterocycles. The lowest BCUT2D eigenvalue weighted by atomic mass is 9.70. The lowest BCUT2D eigenvalue weighted by Crippen LogP contribution is -2.36. The molecule has 0 radical (unpaired) electrons. The van der Waals surface area contributed by atoms with E-state index in [0.29, 0.717) is 5.92 Å². The molecule has 2 aliphatic carbocycles. The van der Waals surface area contributed by atoms with Gasteiger partial charge >= 0.3 is 0 Å². The van der Waals surface area contributed by atoms with E-state index in [2.05, 4.69) is 29.6 Å². The topological polar surface area (TPSA) is 49.3 Å². The van der Waals surface area contributed by atoms with Crippen LogP contribution in [0.4, 0.5) is 5.69 Å². The lowest BCUT2D eigenvalue weighted by molar-refractivity contribution is -0.121. The number of aliphatic hydroxyl groups excluding tert-OH is 1. The SMILES string of the molecule is O=C1Nc2cc(C3=CCC(CO)CC3)ccc2C12CCCCC2. The maximum Gasteiger partial charge on any atom is 0.235 e. The van der Waals surface area contributed by atoms with Gasteiger partial charge in [-0.05, 0) is 60.8 Å². The number of fused-ring (bicyclic) bond motifs is 2. The van der Waals surface area contributed by atoms with Gasteiger partial charge < -0.3 is 10.4 Å². The zero-order valence-corrected chi connectivity index (χ0v) is 13.6. The first-order chi connectivity index (χ1) is 11.2. The van der Waals surface area contributed by atoms with Crippen molar-refractivity contribution >= 4 is 17.2 Å². The summed E-state index contributed by atoms with van der Waals surface area (Å²) in [6.07, 6.45) is 10.8. The fourth-order valence-corrected chi connectivity index (χ4v) is 4.60. The van der Waals surface area contributed by atoms with Gasteiger partial charge in [-0.1, -0.05) is 37.5 Å². The van der Waals surface area contributed by atoms with E-state index in [-0.39, 0.29) is 17.9 Å². The van der Waals surface area contributed by atoms with Crippen molar-refractivity contribution in [3.8, 4) is 0 Å². The van der Waals surface area contributed by atoms with Gasteiger partial charge in [0.1, 0.15) is 0 Å². The van der Waals surface area contributed by atoms with Gasteiger partial charge in [0, 0.05) is 12.3 Å². The van der Waals surface area contributed by atoms with Crippen LogP contribution in [0.3, 0.4) is 0 Å². The molecular weight excluding hydrogens is 286 g/mol. The van der Waals surface area contributed by atoms with Crippen molar-refractivity contribution in [2.24, 2.45) is 5.92 Å². The number of hydrogen-bond acceptors (Lipinski definition) is 2. The average Bonchev–Trinajstić information content (AvgIpc) is 2.87. The van der Waals surface area contributed by atoms with Crippen LogP contribution in [0, 0.1) is 5.92 Å². The third kappa shape index (κ3) is 2.42. The Bertz CT molecular complexity index is 656. The molecule has 1 unspecified atom stereocenters. The molecule has 1 aromatic rings. The van der Waals surface area contributed by atoms with E-state index in [0.717, 1.165) is 50.6 Å². The first-order valence-corrected chi connectivity index (χ1v) is 8.99. The summed E-state index contributed by atoms with van der Waals surface area (Å²) in [7, 11) is 0. The number of allylic oxidation sites excluding steroid dienone is 2. The number of anilines is 1. The molecule has 0 aromatic heterocycles. The van der Waals surface area contributed by atoms with Crippen molar-refractivity contribution in [2.75, 3.05) is 11.9 Å². The second-order valence-electron chi connectivity index (χ2n) is 7.41. The number of hydrogen-bond donors (Lipinski definition) is 2. The Hall–Kier alpha value is -1.61. The molecule has 1 fully saturated rings. The van der Waals surface area contributed by atoms with E-state index in [1.165, 1.54) is 23.1 Å². The third-order valence-electron chi connectivity index (χ3n) is 6.07. The number of carbonyl (C=O) groups is 1. The van der Waals surface area contributed by atoms with E-state index in [9.17, 15) is 9.90 Å². The van der Waals surface area contributed by atoms with Gasteiger partial charge in [0.2, 0.25) is 5.91 Å². The molecule has 4 rings (SSSR count). The van der Waals surface area contributed by atoms with Crippen LogP contribution in [-0.4, -0.2) is 17.6 Å². The Kier molecular flexibility index (Phi) is 3.76.